The van der Waals surface area contributed by atoms with E-state index in [1.54, 1.807) is 18.2 Å². The van der Waals surface area contributed by atoms with Crippen LogP contribution in [-0.4, -0.2) is 92.5 Å². The van der Waals surface area contributed by atoms with Crippen LogP contribution in [0.1, 0.15) is 28.8 Å². The smallest absolute Gasteiger partial charge is 0.256 e. The fraction of sp³-hybridized carbons (Fsp3) is 0.455. The summed E-state index contributed by atoms with van der Waals surface area (Å²) >= 11 is 12.3. The van der Waals surface area contributed by atoms with Crippen molar-refractivity contribution in [2.75, 3.05) is 56.0 Å². The van der Waals surface area contributed by atoms with Crippen molar-refractivity contribution in [3.05, 3.63) is 39.4 Å². The van der Waals surface area contributed by atoms with Crippen LogP contribution in [0.5, 0.6) is 0 Å². The zero-order valence-corrected chi connectivity index (χ0v) is 21.0. The number of anilines is 2. The van der Waals surface area contributed by atoms with E-state index in [9.17, 15) is 9.59 Å². The van der Waals surface area contributed by atoms with Crippen LogP contribution in [0.15, 0.2) is 18.2 Å². The number of carbonyl (C=O) groups is 2. The van der Waals surface area contributed by atoms with E-state index in [1.165, 1.54) is 4.52 Å². The minimum atomic E-state index is -0.712. The Balaban J connectivity index is 1.36. The second kappa shape index (κ2) is 10.4. The molecule has 0 spiro atoms. The van der Waals surface area contributed by atoms with Crippen molar-refractivity contribution in [2.45, 2.75) is 19.4 Å². The first-order valence-electron chi connectivity index (χ1n) is 11.8. The van der Waals surface area contributed by atoms with E-state index >= 15 is 0 Å². The normalized spacial score (nSPS) is 16.6. The van der Waals surface area contributed by atoms with Crippen LogP contribution < -0.4 is 16.0 Å². The van der Waals surface area contributed by atoms with E-state index < -0.39 is 5.91 Å². The van der Waals surface area contributed by atoms with Gasteiger partial charge in [-0.15, -0.1) is 5.10 Å². The summed E-state index contributed by atoms with van der Waals surface area (Å²) in [5.41, 5.74) is 6.72. The van der Waals surface area contributed by atoms with Crippen molar-refractivity contribution in [1.82, 2.24) is 34.8 Å². The highest BCUT2D eigenvalue weighted by Crippen LogP contribution is 2.26. The van der Waals surface area contributed by atoms with Crippen LogP contribution in [0.2, 0.25) is 10.0 Å². The number of halogens is 2. The Morgan fingerprint density at radius 1 is 1.06 bits per heavy atom. The van der Waals surface area contributed by atoms with Gasteiger partial charge in [-0.2, -0.15) is 9.50 Å². The van der Waals surface area contributed by atoms with Crippen LogP contribution in [-0.2, 0) is 11.3 Å². The van der Waals surface area contributed by atoms with Gasteiger partial charge >= 0.3 is 0 Å². The van der Waals surface area contributed by atoms with Crippen LogP contribution >= 0.6 is 23.2 Å². The number of nitrogens with one attached hydrogen (secondary N) is 1. The SMILES string of the molecule is NC(=O)c1c(NCc2ccc(Cl)cc2Cl)nc(N2CCN(C(=O)CN3CCCC3)CC2)n2nnnc12. The first kappa shape index (κ1) is 24.5. The third-order valence-corrected chi connectivity index (χ3v) is 7.10. The molecule has 5 rings (SSSR count). The highest BCUT2D eigenvalue weighted by atomic mass is 35.5. The van der Waals surface area contributed by atoms with E-state index in [-0.39, 0.29) is 29.5 Å². The first-order valence-corrected chi connectivity index (χ1v) is 12.5. The number of amides is 2. The van der Waals surface area contributed by atoms with Crippen molar-refractivity contribution in [1.29, 1.82) is 0 Å². The number of aromatic nitrogens is 5. The maximum Gasteiger partial charge on any atom is 0.256 e. The molecule has 14 heteroatoms. The van der Waals surface area contributed by atoms with Gasteiger partial charge in [-0.1, -0.05) is 29.3 Å². The Morgan fingerprint density at radius 3 is 2.50 bits per heavy atom. The maximum atomic E-state index is 12.7. The number of fused-ring (bicyclic) bond motifs is 1. The van der Waals surface area contributed by atoms with Crippen LogP contribution in [0.25, 0.3) is 5.65 Å². The Labute approximate surface area is 217 Å². The molecule has 0 unspecified atom stereocenters. The molecule has 0 aliphatic carbocycles. The van der Waals surface area contributed by atoms with Gasteiger partial charge in [0.05, 0.1) is 6.54 Å². The average molecular weight is 533 g/mol. The molecular weight excluding hydrogens is 507 g/mol. The molecule has 0 bridgehead atoms. The minimum Gasteiger partial charge on any atom is -0.365 e. The summed E-state index contributed by atoms with van der Waals surface area (Å²) in [4.78, 5) is 35.8. The van der Waals surface area contributed by atoms with Gasteiger partial charge in [0, 0.05) is 42.8 Å². The fourth-order valence-electron chi connectivity index (χ4n) is 4.58. The third kappa shape index (κ3) is 5.01. The summed E-state index contributed by atoms with van der Waals surface area (Å²) in [6, 6.07) is 5.16. The van der Waals surface area contributed by atoms with Crippen molar-refractivity contribution in [2.24, 2.45) is 5.73 Å². The molecule has 2 aliphatic rings. The lowest BCUT2D eigenvalue weighted by Crippen LogP contribution is -2.51. The predicted octanol–water partition coefficient (Wildman–Crippen LogP) is 1.28. The number of tetrazole rings is 1. The van der Waals surface area contributed by atoms with Gasteiger partial charge in [-0.3, -0.25) is 14.5 Å². The molecule has 12 nitrogen and oxygen atoms in total. The Kier molecular flexibility index (Phi) is 7.08. The van der Waals surface area contributed by atoms with E-state index in [1.807, 2.05) is 9.80 Å². The summed E-state index contributed by atoms with van der Waals surface area (Å²) in [6.45, 7) is 4.91. The van der Waals surface area contributed by atoms with Gasteiger partial charge < -0.3 is 20.9 Å². The molecule has 3 N–H and O–H groups in total. The van der Waals surface area contributed by atoms with Crippen molar-refractivity contribution in [3.63, 3.8) is 0 Å². The second-order valence-electron chi connectivity index (χ2n) is 8.85. The number of primary amides is 1. The highest BCUT2D eigenvalue weighted by Gasteiger charge is 2.28. The number of piperazine rings is 1. The summed E-state index contributed by atoms with van der Waals surface area (Å²) in [5, 5.41) is 16.0. The van der Waals surface area contributed by atoms with E-state index in [2.05, 4.69) is 30.7 Å². The highest BCUT2D eigenvalue weighted by molar-refractivity contribution is 6.35. The molecule has 190 valence electrons. The summed E-state index contributed by atoms with van der Waals surface area (Å²) in [6.07, 6.45) is 2.30. The number of hydrogen-bond donors (Lipinski definition) is 2. The van der Waals surface area contributed by atoms with E-state index in [4.69, 9.17) is 28.9 Å². The van der Waals surface area contributed by atoms with Gasteiger partial charge in [-0.25, -0.2) is 0 Å². The number of likely N-dealkylation sites (tertiary alicyclic amines) is 1. The molecule has 2 amide bonds. The molecule has 36 heavy (non-hydrogen) atoms. The van der Waals surface area contributed by atoms with Crippen molar-refractivity contribution < 1.29 is 9.59 Å². The molecule has 3 aromatic rings. The molecule has 2 aliphatic heterocycles. The maximum absolute atomic E-state index is 12.7. The lowest BCUT2D eigenvalue weighted by Gasteiger charge is -2.36. The minimum absolute atomic E-state index is 0.0771. The predicted molar refractivity (Wildman–Crippen MR) is 135 cm³/mol. The number of hydrogen-bond acceptors (Lipinski definition) is 9. The van der Waals surface area contributed by atoms with Crippen LogP contribution in [0.4, 0.5) is 11.8 Å². The van der Waals surface area contributed by atoms with Crippen molar-refractivity contribution in [3.8, 4) is 0 Å². The number of benzene rings is 1. The molecule has 1 aromatic carbocycles. The van der Waals surface area contributed by atoms with Crippen LogP contribution in [0.3, 0.4) is 0 Å². The molecule has 4 heterocycles. The molecule has 2 saturated heterocycles. The Morgan fingerprint density at radius 2 is 1.81 bits per heavy atom. The third-order valence-electron chi connectivity index (χ3n) is 6.51. The van der Waals surface area contributed by atoms with Gasteiger partial charge in [-0.05, 0) is 54.1 Å². The second-order valence-corrected chi connectivity index (χ2v) is 9.70. The average Bonchev–Trinajstić information content (AvgIpc) is 3.55. The fourth-order valence-corrected chi connectivity index (χ4v) is 5.05. The Bertz CT molecular complexity index is 1290. The molecule has 0 radical (unpaired) electrons. The molecule has 0 saturated carbocycles. The van der Waals surface area contributed by atoms with E-state index in [0.717, 1.165) is 31.5 Å². The summed E-state index contributed by atoms with van der Waals surface area (Å²) in [5.74, 6) is 0.133. The van der Waals surface area contributed by atoms with Gasteiger partial charge in [0.2, 0.25) is 11.9 Å². The monoisotopic (exact) mass is 532 g/mol. The molecule has 0 atom stereocenters. The molecule has 2 aromatic heterocycles. The van der Waals surface area contributed by atoms with Gasteiger partial charge in [0.15, 0.2) is 5.65 Å². The van der Waals surface area contributed by atoms with Gasteiger partial charge in [0.25, 0.3) is 5.91 Å². The number of rotatable bonds is 7. The number of nitrogens with two attached hydrogens (primary N) is 1. The lowest BCUT2D eigenvalue weighted by atomic mass is 10.2. The summed E-state index contributed by atoms with van der Waals surface area (Å²) < 4.78 is 1.41. The van der Waals surface area contributed by atoms with Crippen LogP contribution in [0, 0.1) is 0 Å². The Hall–Kier alpha value is -3.22. The largest absolute Gasteiger partial charge is 0.365 e. The topological polar surface area (TPSA) is 138 Å². The zero-order valence-electron chi connectivity index (χ0n) is 19.5. The quantitative estimate of drug-likeness (QED) is 0.460. The lowest BCUT2D eigenvalue weighted by molar-refractivity contribution is -0.132. The number of nitrogens with zero attached hydrogens (tertiary/aromatic N) is 8. The first-order chi connectivity index (χ1) is 17.4. The van der Waals surface area contributed by atoms with Gasteiger partial charge in [0.1, 0.15) is 11.4 Å². The summed E-state index contributed by atoms with van der Waals surface area (Å²) in [7, 11) is 0. The standard InChI is InChI=1S/C22H26Cl2N10O2/c23-15-4-3-14(16(24)11-15)12-26-20-18(19(25)36)21-28-29-30-34(21)22(27-20)33-9-7-32(8-10-33)17(35)13-31-5-1-2-6-31/h3-4,11,26H,1-2,5-10,12-13H2,(H2,25,36). The van der Waals surface area contributed by atoms with Crippen molar-refractivity contribution >= 4 is 52.4 Å². The zero-order chi connectivity index (χ0) is 25.2. The molecular formula is C22H26Cl2N10O2. The number of carbonyl (C=O) groups excluding carboxylic acids is 2. The molecule has 2 fully saturated rings. The van der Waals surface area contributed by atoms with E-state index in [0.29, 0.717) is 48.7 Å².